The highest BCUT2D eigenvalue weighted by atomic mass is 35.5. The summed E-state index contributed by atoms with van der Waals surface area (Å²) < 4.78 is 1.84. The van der Waals surface area contributed by atoms with Crippen molar-refractivity contribution < 1.29 is 0 Å². The molecule has 0 spiro atoms. The van der Waals surface area contributed by atoms with Crippen LogP contribution in [0, 0.1) is 0 Å². The van der Waals surface area contributed by atoms with Gasteiger partial charge in [0.2, 0.25) is 0 Å². The molecule has 0 bridgehead atoms. The Labute approximate surface area is 207 Å². The van der Waals surface area contributed by atoms with Crippen molar-refractivity contribution in [3.05, 3.63) is 120 Å². The van der Waals surface area contributed by atoms with E-state index in [0.717, 1.165) is 33.5 Å². The molecule has 0 aliphatic carbocycles. The largest absolute Gasteiger partial charge is 0.398 e. The van der Waals surface area contributed by atoms with Crippen molar-refractivity contribution in [2.75, 3.05) is 5.73 Å². The normalized spacial score (nSPS) is 11.0. The molecule has 2 aromatic heterocycles. The number of azo groups is 1. The van der Waals surface area contributed by atoms with Crippen molar-refractivity contribution in [2.24, 2.45) is 10.2 Å². The maximum absolute atomic E-state index is 5.87. The Bertz CT molecular complexity index is 1560. The maximum atomic E-state index is 5.87. The lowest BCUT2D eigenvalue weighted by Crippen LogP contribution is -1.90. The van der Waals surface area contributed by atoms with Gasteiger partial charge in [0.15, 0.2) is 5.65 Å². The van der Waals surface area contributed by atoms with Crippen LogP contribution in [0.1, 0.15) is 0 Å². The van der Waals surface area contributed by atoms with Gasteiger partial charge in [-0.2, -0.15) is 15.3 Å². The number of hydrogen-bond donors (Lipinski definition) is 1. The fourth-order valence-electron chi connectivity index (χ4n) is 3.46. The monoisotopic (exact) mass is 476 g/mol. The quantitative estimate of drug-likeness (QED) is 0.208. The van der Waals surface area contributed by atoms with Crippen molar-refractivity contribution in [1.82, 2.24) is 14.6 Å². The molecular formula is C28H21ClN6. The first kappa shape index (κ1) is 22.3. The highest BCUT2D eigenvalue weighted by Gasteiger charge is 2.06. The molecule has 0 amide bonds. The molecule has 35 heavy (non-hydrogen) atoms. The van der Waals surface area contributed by atoms with Gasteiger partial charge in [-0.25, -0.2) is 9.50 Å². The zero-order valence-corrected chi connectivity index (χ0v) is 19.4. The molecule has 0 fully saturated rings. The molecule has 0 aliphatic rings. The maximum Gasteiger partial charge on any atom is 0.156 e. The van der Waals surface area contributed by atoms with Gasteiger partial charge in [0, 0.05) is 23.2 Å². The van der Waals surface area contributed by atoms with E-state index in [2.05, 4.69) is 32.4 Å². The van der Waals surface area contributed by atoms with E-state index in [1.54, 1.807) is 18.2 Å². The number of rotatable bonds is 3. The molecule has 0 aliphatic heterocycles. The van der Waals surface area contributed by atoms with Gasteiger partial charge in [-0.05, 0) is 36.4 Å². The van der Waals surface area contributed by atoms with Gasteiger partial charge in [0.1, 0.15) is 0 Å². The first-order valence-electron chi connectivity index (χ1n) is 11.0. The zero-order chi connectivity index (χ0) is 24.0. The Morgan fingerprint density at radius 1 is 0.714 bits per heavy atom. The van der Waals surface area contributed by atoms with E-state index < -0.39 is 0 Å². The van der Waals surface area contributed by atoms with E-state index >= 15 is 0 Å². The van der Waals surface area contributed by atoms with Crippen molar-refractivity contribution in [3.63, 3.8) is 0 Å². The topological polar surface area (TPSA) is 80.9 Å². The summed E-state index contributed by atoms with van der Waals surface area (Å²) >= 11 is 5.87. The number of aromatic nitrogens is 3. The summed E-state index contributed by atoms with van der Waals surface area (Å²) in [5, 5.41) is 14.3. The van der Waals surface area contributed by atoms with Crippen molar-refractivity contribution in [3.8, 4) is 11.3 Å². The van der Waals surface area contributed by atoms with Gasteiger partial charge >= 0.3 is 0 Å². The smallest absolute Gasteiger partial charge is 0.156 e. The minimum absolute atomic E-state index is 0.490. The minimum atomic E-state index is 0.490. The third-order valence-electron chi connectivity index (χ3n) is 5.24. The van der Waals surface area contributed by atoms with Gasteiger partial charge in [0.25, 0.3) is 0 Å². The molecule has 0 atom stereocenters. The Hall–Kier alpha value is -4.55. The molecule has 4 aromatic carbocycles. The molecule has 6 rings (SSSR count). The van der Waals surface area contributed by atoms with Gasteiger partial charge < -0.3 is 5.73 Å². The fraction of sp³-hybridized carbons (Fsp3) is 0. The highest BCUT2D eigenvalue weighted by Crippen LogP contribution is 2.26. The second kappa shape index (κ2) is 10.2. The van der Waals surface area contributed by atoms with Crippen LogP contribution in [0.25, 0.3) is 27.8 Å². The average molecular weight is 477 g/mol. The number of fused-ring (bicyclic) bond motifs is 2. The molecule has 2 heterocycles. The Balaban J connectivity index is 0.000000148. The summed E-state index contributed by atoms with van der Waals surface area (Å²) in [4.78, 5) is 4.62. The summed E-state index contributed by atoms with van der Waals surface area (Å²) in [5.74, 6) is 0. The highest BCUT2D eigenvalue weighted by molar-refractivity contribution is 6.33. The molecule has 2 N–H and O–H groups in total. The average Bonchev–Trinajstić information content (AvgIpc) is 3.32. The van der Waals surface area contributed by atoms with E-state index in [-0.39, 0.29) is 0 Å². The molecule has 0 radical (unpaired) electrons. The fourth-order valence-corrected chi connectivity index (χ4v) is 3.63. The summed E-state index contributed by atoms with van der Waals surface area (Å²) in [6.07, 6.45) is 2.02. The standard InChI is InChI=1S/C16H11N3.C12H10ClN3/c1-2-6-12(7-3-1)15-10-16-17-14-9-5-4-8-13(14)11-19(16)18-15;13-11-8-10(6-7-12(11)14)16-15-9-4-2-1-3-5-9/h1-11H;1-8H,14H2/b;16-15+. The van der Waals surface area contributed by atoms with E-state index in [0.29, 0.717) is 16.4 Å². The first-order valence-corrected chi connectivity index (χ1v) is 11.4. The number of para-hydroxylation sites is 1. The van der Waals surface area contributed by atoms with E-state index in [1.165, 1.54) is 0 Å². The number of anilines is 1. The predicted octanol–water partition coefficient (Wildman–Crippen LogP) is 7.89. The Morgan fingerprint density at radius 2 is 1.40 bits per heavy atom. The SMILES string of the molecule is Nc1ccc(/N=N/c2ccccc2)cc1Cl.c1ccc(-c2cc3nc4ccccc4cn3n2)cc1. The van der Waals surface area contributed by atoms with Crippen molar-refractivity contribution in [2.45, 2.75) is 0 Å². The summed E-state index contributed by atoms with van der Waals surface area (Å²) in [7, 11) is 0. The van der Waals surface area contributed by atoms with Crippen LogP contribution in [0.15, 0.2) is 126 Å². The van der Waals surface area contributed by atoms with Crippen LogP contribution in [-0.4, -0.2) is 14.6 Å². The Kier molecular flexibility index (Phi) is 6.46. The van der Waals surface area contributed by atoms with Crippen molar-refractivity contribution in [1.29, 1.82) is 0 Å². The minimum Gasteiger partial charge on any atom is -0.398 e. The van der Waals surface area contributed by atoms with Gasteiger partial charge in [0.05, 0.1) is 33.3 Å². The van der Waals surface area contributed by atoms with Crippen LogP contribution in [0.4, 0.5) is 17.1 Å². The first-order chi connectivity index (χ1) is 17.2. The summed E-state index contributed by atoms with van der Waals surface area (Å²) in [6, 6.07) is 34.9. The lowest BCUT2D eigenvalue weighted by Gasteiger charge is -1.97. The van der Waals surface area contributed by atoms with Crippen LogP contribution in [0.2, 0.25) is 5.02 Å². The molecule has 0 unspecified atom stereocenters. The summed E-state index contributed by atoms with van der Waals surface area (Å²) in [6.45, 7) is 0. The number of nitrogens with two attached hydrogens (primary N) is 1. The second-order valence-electron chi connectivity index (χ2n) is 7.74. The van der Waals surface area contributed by atoms with Crippen LogP contribution >= 0.6 is 11.6 Å². The van der Waals surface area contributed by atoms with E-state index in [1.807, 2.05) is 89.6 Å². The van der Waals surface area contributed by atoms with Crippen LogP contribution in [-0.2, 0) is 0 Å². The number of nitrogen functional groups attached to an aromatic ring is 1. The predicted molar refractivity (Wildman–Crippen MR) is 142 cm³/mol. The number of hydrogen-bond acceptors (Lipinski definition) is 5. The molecule has 6 nitrogen and oxygen atoms in total. The van der Waals surface area contributed by atoms with Crippen LogP contribution < -0.4 is 5.73 Å². The van der Waals surface area contributed by atoms with Gasteiger partial charge in [-0.1, -0.05) is 78.3 Å². The van der Waals surface area contributed by atoms with Crippen LogP contribution in [0.3, 0.4) is 0 Å². The molecular weight excluding hydrogens is 456 g/mol. The van der Waals surface area contributed by atoms with Gasteiger partial charge in [-0.15, -0.1) is 0 Å². The molecule has 7 heteroatoms. The Morgan fingerprint density at radius 3 is 2.17 bits per heavy atom. The van der Waals surface area contributed by atoms with E-state index in [4.69, 9.17) is 17.3 Å². The molecule has 0 saturated heterocycles. The lowest BCUT2D eigenvalue weighted by atomic mass is 10.2. The van der Waals surface area contributed by atoms with E-state index in [9.17, 15) is 0 Å². The van der Waals surface area contributed by atoms with Crippen LogP contribution in [0.5, 0.6) is 0 Å². The molecule has 170 valence electrons. The molecule has 0 saturated carbocycles. The number of nitrogens with zero attached hydrogens (tertiary/aromatic N) is 5. The number of halogens is 1. The molecule has 6 aromatic rings. The summed E-state index contributed by atoms with van der Waals surface area (Å²) in [5.41, 5.74) is 11.5. The third kappa shape index (κ3) is 5.34. The number of benzene rings is 4. The zero-order valence-electron chi connectivity index (χ0n) is 18.7. The second-order valence-corrected chi connectivity index (χ2v) is 8.15. The van der Waals surface area contributed by atoms with Crippen molar-refractivity contribution >= 4 is 45.2 Å². The van der Waals surface area contributed by atoms with Gasteiger partial charge in [-0.3, -0.25) is 0 Å². The lowest BCUT2D eigenvalue weighted by molar-refractivity contribution is 0.957. The third-order valence-corrected chi connectivity index (χ3v) is 5.57.